The Morgan fingerprint density at radius 3 is 2.83 bits per heavy atom. The summed E-state index contributed by atoms with van der Waals surface area (Å²) in [6.45, 7) is 1.89. The van der Waals surface area contributed by atoms with Gasteiger partial charge in [0, 0.05) is 11.9 Å². The van der Waals surface area contributed by atoms with Gasteiger partial charge in [-0.3, -0.25) is 9.19 Å². The second-order valence-corrected chi connectivity index (χ2v) is 5.37. The molecule has 18 heavy (non-hydrogen) atoms. The van der Waals surface area contributed by atoms with Crippen molar-refractivity contribution in [2.75, 3.05) is 5.73 Å². The largest absolute Gasteiger partial charge is 0.399 e. The van der Waals surface area contributed by atoms with E-state index in [0.717, 1.165) is 5.56 Å². The Labute approximate surface area is 107 Å². The fourth-order valence-corrected chi connectivity index (χ4v) is 2.78. The Bertz CT molecular complexity index is 601. The summed E-state index contributed by atoms with van der Waals surface area (Å²) < 4.78 is 25.7. The molecule has 0 spiro atoms. The van der Waals surface area contributed by atoms with Crippen molar-refractivity contribution in [3.05, 3.63) is 53.6 Å². The zero-order valence-electron chi connectivity index (χ0n) is 9.89. The molecule has 0 aliphatic rings. The summed E-state index contributed by atoms with van der Waals surface area (Å²) in [5, 5.41) is 0. The summed E-state index contributed by atoms with van der Waals surface area (Å²) in [5.74, 6) is -0.338. The molecule has 1 atom stereocenters. The summed E-state index contributed by atoms with van der Waals surface area (Å²) >= 11 is 0. The minimum absolute atomic E-state index is 0.161. The van der Waals surface area contributed by atoms with Gasteiger partial charge in [-0.1, -0.05) is 6.07 Å². The Kier molecular flexibility index (Phi) is 3.72. The standard InChI is InChI=1S/C13H13FN2OS/c1-9-3-2-6-16-12(9)8-18(17)13-5-4-10(15)7-11(13)14/h2-7H,8,15H2,1H3. The normalized spacial score (nSPS) is 12.3. The van der Waals surface area contributed by atoms with Crippen molar-refractivity contribution < 1.29 is 8.60 Å². The molecule has 0 aliphatic carbocycles. The van der Waals surface area contributed by atoms with Crippen molar-refractivity contribution >= 4 is 16.5 Å². The molecule has 0 radical (unpaired) electrons. The minimum Gasteiger partial charge on any atom is -0.399 e. The van der Waals surface area contributed by atoms with Gasteiger partial charge in [-0.25, -0.2) is 4.39 Å². The molecular formula is C13H13FN2OS. The topological polar surface area (TPSA) is 56.0 Å². The number of halogens is 1. The zero-order chi connectivity index (χ0) is 13.1. The van der Waals surface area contributed by atoms with Crippen LogP contribution in [0.25, 0.3) is 0 Å². The number of aryl methyl sites for hydroxylation is 1. The molecule has 0 bridgehead atoms. The molecule has 0 fully saturated rings. The summed E-state index contributed by atoms with van der Waals surface area (Å²) in [6, 6.07) is 7.88. The van der Waals surface area contributed by atoms with Gasteiger partial charge in [0.05, 0.1) is 27.1 Å². The third-order valence-corrected chi connectivity index (χ3v) is 3.94. The van der Waals surface area contributed by atoms with E-state index in [-0.39, 0.29) is 10.6 Å². The van der Waals surface area contributed by atoms with E-state index < -0.39 is 16.6 Å². The number of aromatic nitrogens is 1. The van der Waals surface area contributed by atoms with Crippen LogP contribution in [0.3, 0.4) is 0 Å². The Balaban J connectivity index is 2.25. The fourth-order valence-electron chi connectivity index (χ4n) is 1.57. The molecule has 1 aromatic carbocycles. The van der Waals surface area contributed by atoms with E-state index in [9.17, 15) is 8.60 Å². The molecule has 0 saturated carbocycles. The average molecular weight is 264 g/mol. The highest BCUT2D eigenvalue weighted by atomic mass is 32.2. The first-order chi connectivity index (χ1) is 8.58. The van der Waals surface area contributed by atoms with Crippen LogP contribution < -0.4 is 5.73 Å². The van der Waals surface area contributed by atoms with Gasteiger partial charge in [-0.05, 0) is 36.8 Å². The molecule has 0 amide bonds. The molecular weight excluding hydrogens is 251 g/mol. The van der Waals surface area contributed by atoms with Crippen LogP contribution in [-0.2, 0) is 16.6 Å². The molecule has 94 valence electrons. The molecule has 1 aromatic heterocycles. The lowest BCUT2D eigenvalue weighted by Gasteiger charge is -2.06. The van der Waals surface area contributed by atoms with Gasteiger partial charge in [0.2, 0.25) is 0 Å². The molecule has 0 saturated heterocycles. The summed E-state index contributed by atoms with van der Waals surface area (Å²) in [4.78, 5) is 4.31. The van der Waals surface area contributed by atoms with Crippen molar-refractivity contribution in [2.45, 2.75) is 17.6 Å². The average Bonchev–Trinajstić information content (AvgIpc) is 2.32. The number of nitrogen functional groups attached to an aromatic ring is 1. The van der Waals surface area contributed by atoms with Gasteiger partial charge in [0.25, 0.3) is 0 Å². The van der Waals surface area contributed by atoms with Gasteiger partial charge < -0.3 is 5.73 Å². The molecule has 2 N–H and O–H groups in total. The quantitative estimate of drug-likeness (QED) is 0.866. The van der Waals surface area contributed by atoms with Crippen LogP contribution in [0.2, 0.25) is 0 Å². The van der Waals surface area contributed by atoms with E-state index in [4.69, 9.17) is 5.73 Å². The van der Waals surface area contributed by atoms with Crippen molar-refractivity contribution in [2.24, 2.45) is 0 Å². The van der Waals surface area contributed by atoms with Crippen molar-refractivity contribution in [3.63, 3.8) is 0 Å². The van der Waals surface area contributed by atoms with E-state index >= 15 is 0 Å². The Morgan fingerprint density at radius 1 is 1.39 bits per heavy atom. The number of nitrogens with zero attached hydrogens (tertiary/aromatic N) is 1. The molecule has 3 nitrogen and oxygen atoms in total. The highest BCUT2D eigenvalue weighted by Crippen LogP contribution is 2.18. The van der Waals surface area contributed by atoms with Gasteiger partial charge >= 0.3 is 0 Å². The third kappa shape index (κ3) is 2.73. The van der Waals surface area contributed by atoms with Crippen LogP contribution in [0.1, 0.15) is 11.3 Å². The molecule has 1 heterocycles. The van der Waals surface area contributed by atoms with Gasteiger partial charge in [0.1, 0.15) is 5.82 Å². The van der Waals surface area contributed by atoms with Gasteiger partial charge in [0.15, 0.2) is 0 Å². The first-order valence-electron chi connectivity index (χ1n) is 5.42. The smallest absolute Gasteiger partial charge is 0.141 e. The number of nitrogens with two attached hydrogens (primary N) is 1. The maximum absolute atomic E-state index is 13.6. The first kappa shape index (κ1) is 12.7. The monoisotopic (exact) mass is 264 g/mol. The maximum atomic E-state index is 13.6. The van der Waals surface area contributed by atoms with Crippen LogP contribution in [0.5, 0.6) is 0 Å². The number of hydrogen-bond acceptors (Lipinski definition) is 3. The zero-order valence-corrected chi connectivity index (χ0v) is 10.7. The van der Waals surface area contributed by atoms with E-state index in [1.165, 1.54) is 12.1 Å². The molecule has 2 rings (SSSR count). The summed E-state index contributed by atoms with van der Waals surface area (Å²) in [6.07, 6.45) is 1.64. The summed E-state index contributed by atoms with van der Waals surface area (Å²) in [5.41, 5.74) is 7.44. The van der Waals surface area contributed by atoms with Crippen molar-refractivity contribution in [1.82, 2.24) is 4.98 Å². The number of anilines is 1. The van der Waals surface area contributed by atoms with Crippen LogP contribution in [0.4, 0.5) is 10.1 Å². The third-order valence-electron chi connectivity index (χ3n) is 2.59. The number of benzene rings is 1. The van der Waals surface area contributed by atoms with Crippen LogP contribution in [-0.4, -0.2) is 9.19 Å². The number of hydrogen-bond donors (Lipinski definition) is 1. The number of rotatable bonds is 3. The number of pyridine rings is 1. The van der Waals surface area contributed by atoms with E-state index in [1.54, 1.807) is 12.3 Å². The second-order valence-electron chi connectivity index (χ2n) is 3.95. The molecule has 5 heteroatoms. The van der Waals surface area contributed by atoms with Crippen molar-refractivity contribution in [3.8, 4) is 0 Å². The molecule has 1 unspecified atom stereocenters. The molecule has 0 aliphatic heterocycles. The highest BCUT2D eigenvalue weighted by molar-refractivity contribution is 7.84. The van der Waals surface area contributed by atoms with E-state index in [0.29, 0.717) is 11.4 Å². The van der Waals surface area contributed by atoms with Crippen LogP contribution in [0, 0.1) is 12.7 Å². The van der Waals surface area contributed by atoms with E-state index in [1.807, 2.05) is 19.1 Å². The molecule has 2 aromatic rings. The Morgan fingerprint density at radius 2 is 2.17 bits per heavy atom. The fraction of sp³-hybridized carbons (Fsp3) is 0.154. The van der Waals surface area contributed by atoms with Crippen molar-refractivity contribution in [1.29, 1.82) is 0 Å². The minimum atomic E-state index is -1.46. The lowest BCUT2D eigenvalue weighted by Crippen LogP contribution is -2.03. The van der Waals surface area contributed by atoms with Crippen LogP contribution in [0.15, 0.2) is 41.4 Å². The second kappa shape index (κ2) is 5.27. The van der Waals surface area contributed by atoms with Crippen LogP contribution >= 0.6 is 0 Å². The SMILES string of the molecule is Cc1cccnc1CS(=O)c1ccc(N)cc1F. The van der Waals surface area contributed by atoms with Gasteiger partial charge in [-0.2, -0.15) is 0 Å². The Hall–Kier alpha value is -1.75. The highest BCUT2D eigenvalue weighted by Gasteiger charge is 2.12. The predicted molar refractivity (Wildman–Crippen MR) is 69.9 cm³/mol. The van der Waals surface area contributed by atoms with E-state index in [2.05, 4.69) is 4.98 Å². The van der Waals surface area contributed by atoms with Gasteiger partial charge in [-0.15, -0.1) is 0 Å². The summed E-state index contributed by atoms with van der Waals surface area (Å²) in [7, 11) is -1.46. The maximum Gasteiger partial charge on any atom is 0.141 e. The first-order valence-corrected chi connectivity index (χ1v) is 6.73. The predicted octanol–water partition coefficient (Wildman–Crippen LogP) is 2.42. The lowest BCUT2D eigenvalue weighted by atomic mass is 10.2. The lowest BCUT2D eigenvalue weighted by molar-refractivity contribution is 0.596.